The van der Waals surface area contributed by atoms with Crippen molar-refractivity contribution < 1.29 is 13.6 Å². The van der Waals surface area contributed by atoms with E-state index in [1.165, 1.54) is 25.3 Å². The van der Waals surface area contributed by atoms with E-state index >= 15 is 0 Å². The van der Waals surface area contributed by atoms with Gasteiger partial charge in [0.15, 0.2) is 17.4 Å². The van der Waals surface area contributed by atoms with Crippen molar-refractivity contribution in [1.29, 1.82) is 0 Å². The van der Waals surface area contributed by atoms with Crippen LogP contribution in [0.4, 0.5) is 8.78 Å². The Kier molecular flexibility index (Phi) is 5.27. The lowest BCUT2D eigenvalue weighted by Gasteiger charge is -2.27. The maximum Gasteiger partial charge on any atom is 0.166 e. The molecule has 0 N–H and O–H groups in total. The van der Waals surface area contributed by atoms with Gasteiger partial charge in [0.1, 0.15) is 0 Å². The summed E-state index contributed by atoms with van der Waals surface area (Å²) < 4.78 is 26.1. The third-order valence-corrected chi connectivity index (χ3v) is 4.39. The fourth-order valence-corrected chi connectivity index (χ4v) is 3.09. The normalized spacial score (nSPS) is 22.8. The van der Waals surface area contributed by atoms with Crippen LogP contribution < -0.4 is 0 Å². The standard InChI is InChI=1S/C17H22F2O/c1-2-3-4-12-5-7-13(8-6-12)17(20)14-9-10-15(18)16(19)11-14/h9-13H,2-8H2,1H3. The van der Waals surface area contributed by atoms with Crippen molar-refractivity contribution in [3.63, 3.8) is 0 Å². The van der Waals surface area contributed by atoms with E-state index in [9.17, 15) is 13.6 Å². The number of ketones is 1. The highest BCUT2D eigenvalue weighted by molar-refractivity contribution is 5.97. The molecule has 0 heterocycles. The summed E-state index contributed by atoms with van der Waals surface area (Å²) in [6.07, 6.45) is 7.65. The molecule has 2 rings (SSSR count). The molecule has 1 saturated carbocycles. The first kappa shape index (κ1) is 15.1. The molecule has 0 unspecified atom stereocenters. The van der Waals surface area contributed by atoms with Gasteiger partial charge < -0.3 is 0 Å². The molecule has 0 spiro atoms. The molecule has 0 amide bonds. The Morgan fingerprint density at radius 3 is 2.45 bits per heavy atom. The van der Waals surface area contributed by atoms with Gasteiger partial charge in [-0.05, 0) is 49.8 Å². The molecule has 3 heteroatoms. The number of unbranched alkanes of at least 4 members (excludes halogenated alkanes) is 1. The van der Waals surface area contributed by atoms with Crippen LogP contribution in [0, 0.1) is 23.5 Å². The zero-order valence-electron chi connectivity index (χ0n) is 12.0. The monoisotopic (exact) mass is 280 g/mol. The molecule has 0 atom stereocenters. The van der Waals surface area contributed by atoms with Gasteiger partial charge in [0.05, 0.1) is 0 Å². The predicted octanol–water partition coefficient (Wildman–Crippen LogP) is 5.14. The van der Waals surface area contributed by atoms with Gasteiger partial charge in [-0.2, -0.15) is 0 Å². The van der Waals surface area contributed by atoms with E-state index in [1.54, 1.807) is 0 Å². The van der Waals surface area contributed by atoms with E-state index in [4.69, 9.17) is 0 Å². The van der Waals surface area contributed by atoms with Gasteiger partial charge in [-0.25, -0.2) is 8.78 Å². The smallest absolute Gasteiger partial charge is 0.166 e. The summed E-state index contributed by atoms with van der Waals surface area (Å²) in [4.78, 5) is 12.3. The average molecular weight is 280 g/mol. The van der Waals surface area contributed by atoms with Crippen molar-refractivity contribution in [2.45, 2.75) is 51.9 Å². The summed E-state index contributed by atoms with van der Waals surface area (Å²) in [5, 5.41) is 0. The molecule has 1 aliphatic carbocycles. The highest BCUT2D eigenvalue weighted by Crippen LogP contribution is 2.33. The zero-order chi connectivity index (χ0) is 14.5. The fraction of sp³-hybridized carbons (Fsp3) is 0.588. The van der Waals surface area contributed by atoms with E-state index in [-0.39, 0.29) is 11.7 Å². The summed E-state index contributed by atoms with van der Waals surface area (Å²) in [5.41, 5.74) is 0.306. The summed E-state index contributed by atoms with van der Waals surface area (Å²) >= 11 is 0. The number of carbonyl (C=O) groups is 1. The quantitative estimate of drug-likeness (QED) is 0.682. The van der Waals surface area contributed by atoms with Crippen LogP contribution in [0.1, 0.15) is 62.2 Å². The van der Waals surface area contributed by atoms with Crippen LogP contribution in [-0.4, -0.2) is 5.78 Å². The van der Waals surface area contributed by atoms with Crippen LogP contribution in [0.25, 0.3) is 0 Å². The highest BCUT2D eigenvalue weighted by atomic mass is 19.2. The largest absolute Gasteiger partial charge is 0.294 e. The third-order valence-electron chi connectivity index (χ3n) is 4.39. The van der Waals surface area contributed by atoms with E-state index in [0.717, 1.165) is 43.7 Å². The lowest BCUT2D eigenvalue weighted by molar-refractivity contribution is 0.0869. The molecule has 110 valence electrons. The Balaban J connectivity index is 1.92. The average Bonchev–Trinajstić information content (AvgIpc) is 2.48. The van der Waals surface area contributed by atoms with Crippen molar-refractivity contribution in [2.24, 2.45) is 11.8 Å². The molecule has 1 aliphatic rings. The van der Waals surface area contributed by atoms with E-state index in [2.05, 4.69) is 6.92 Å². The Hall–Kier alpha value is -1.25. The van der Waals surface area contributed by atoms with Gasteiger partial charge in [0, 0.05) is 11.5 Å². The Labute approximate surface area is 119 Å². The predicted molar refractivity (Wildman–Crippen MR) is 75.7 cm³/mol. The lowest BCUT2D eigenvalue weighted by Crippen LogP contribution is -2.22. The van der Waals surface area contributed by atoms with Gasteiger partial charge in [-0.1, -0.05) is 26.2 Å². The van der Waals surface area contributed by atoms with Crippen molar-refractivity contribution in [3.05, 3.63) is 35.4 Å². The van der Waals surface area contributed by atoms with Gasteiger partial charge in [0.2, 0.25) is 0 Å². The van der Waals surface area contributed by atoms with E-state index in [1.807, 2.05) is 0 Å². The third kappa shape index (κ3) is 3.65. The molecule has 0 aromatic heterocycles. The fourth-order valence-electron chi connectivity index (χ4n) is 3.09. The molecule has 1 aromatic rings. The summed E-state index contributed by atoms with van der Waals surface area (Å²) in [7, 11) is 0. The van der Waals surface area contributed by atoms with Crippen LogP contribution in [0.15, 0.2) is 18.2 Å². The number of carbonyl (C=O) groups excluding carboxylic acids is 1. The summed E-state index contributed by atoms with van der Waals surface area (Å²) in [6, 6.07) is 3.46. The molecule has 0 bridgehead atoms. The van der Waals surface area contributed by atoms with Crippen molar-refractivity contribution in [1.82, 2.24) is 0 Å². The molecular weight excluding hydrogens is 258 g/mol. The van der Waals surface area contributed by atoms with Gasteiger partial charge in [-0.15, -0.1) is 0 Å². The first-order valence-corrected chi connectivity index (χ1v) is 7.61. The number of hydrogen-bond donors (Lipinski definition) is 0. The Bertz CT molecular complexity index is 462. The summed E-state index contributed by atoms with van der Waals surface area (Å²) in [5.74, 6) is -1.14. The number of benzene rings is 1. The van der Waals surface area contributed by atoms with Crippen LogP contribution in [0.3, 0.4) is 0 Å². The SMILES string of the molecule is CCCCC1CCC(C(=O)c2ccc(F)c(F)c2)CC1. The number of halogens is 2. The second-order valence-electron chi connectivity index (χ2n) is 5.85. The maximum atomic E-state index is 13.2. The van der Waals surface area contributed by atoms with Crippen LogP contribution in [0.2, 0.25) is 0 Å². The molecule has 0 radical (unpaired) electrons. The van der Waals surface area contributed by atoms with E-state index in [0.29, 0.717) is 5.56 Å². The molecule has 20 heavy (non-hydrogen) atoms. The molecule has 0 saturated heterocycles. The molecular formula is C17H22F2O. The molecule has 1 nitrogen and oxygen atoms in total. The lowest BCUT2D eigenvalue weighted by atomic mass is 9.77. The van der Waals surface area contributed by atoms with E-state index < -0.39 is 11.6 Å². The first-order chi connectivity index (χ1) is 9.61. The molecule has 0 aliphatic heterocycles. The number of Topliss-reactive ketones (excluding diaryl/α,β-unsaturated/α-hetero) is 1. The zero-order valence-corrected chi connectivity index (χ0v) is 12.0. The highest BCUT2D eigenvalue weighted by Gasteiger charge is 2.27. The minimum atomic E-state index is -0.938. The Morgan fingerprint density at radius 2 is 1.85 bits per heavy atom. The van der Waals surface area contributed by atoms with Crippen molar-refractivity contribution >= 4 is 5.78 Å². The number of rotatable bonds is 5. The second kappa shape index (κ2) is 6.96. The first-order valence-electron chi connectivity index (χ1n) is 7.61. The number of hydrogen-bond acceptors (Lipinski definition) is 1. The van der Waals surface area contributed by atoms with Crippen molar-refractivity contribution in [3.8, 4) is 0 Å². The molecule has 1 fully saturated rings. The van der Waals surface area contributed by atoms with Gasteiger partial charge in [-0.3, -0.25) is 4.79 Å². The Morgan fingerprint density at radius 1 is 1.15 bits per heavy atom. The van der Waals surface area contributed by atoms with Crippen LogP contribution in [0.5, 0.6) is 0 Å². The second-order valence-corrected chi connectivity index (χ2v) is 5.85. The van der Waals surface area contributed by atoms with Crippen molar-refractivity contribution in [2.75, 3.05) is 0 Å². The molecule has 1 aromatic carbocycles. The summed E-state index contributed by atoms with van der Waals surface area (Å²) in [6.45, 7) is 2.19. The maximum absolute atomic E-state index is 13.2. The van der Waals surface area contributed by atoms with Gasteiger partial charge >= 0.3 is 0 Å². The minimum absolute atomic E-state index is 0.0160. The minimum Gasteiger partial charge on any atom is -0.294 e. The topological polar surface area (TPSA) is 17.1 Å². The van der Waals surface area contributed by atoms with Gasteiger partial charge in [0.25, 0.3) is 0 Å². The van der Waals surface area contributed by atoms with Crippen LogP contribution >= 0.6 is 0 Å². The van der Waals surface area contributed by atoms with Crippen LogP contribution in [-0.2, 0) is 0 Å².